The molecule has 0 fully saturated rings. The number of halogens is 6. The summed E-state index contributed by atoms with van der Waals surface area (Å²) < 4.78 is 90.7. The van der Waals surface area contributed by atoms with Crippen LogP contribution in [0.4, 0.5) is 26.3 Å². The number of fused-ring (bicyclic) bond motifs is 1. The largest absolute Gasteiger partial charge is 0.429 e. The van der Waals surface area contributed by atoms with Crippen molar-refractivity contribution < 1.29 is 30.8 Å². The van der Waals surface area contributed by atoms with Crippen LogP contribution in [0, 0.1) is 5.41 Å². The van der Waals surface area contributed by atoms with Crippen LogP contribution < -0.4 is 10.4 Å². The van der Waals surface area contributed by atoms with Gasteiger partial charge in [-0.2, -0.15) is 39.0 Å². The number of benzene rings is 2. The molecule has 0 radical (unpaired) electrons. The molecule has 1 aliphatic rings. The maximum absolute atomic E-state index is 14.2. The van der Waals surface area contributed by atoms with Crippen molar-refractivity contribution in [2.45, 2.75) is 50.0 Å². The minimum absolute atomic E-state index is 0.0323. The lowest BCUT2D eigenvalue weighted by molar-refractivity contribution is -0.365. The molecule has 1 heterocycles. The smallest absolute Gasteiger partial charge is 0.383 e. The second kappa shape index (κ2) is 7.31. The van der Waals surface area contributed by atoms with Gasteiger partial charge in [-0.1, -0.05) is 75.4 Å². The minimum atomic E-state index is -5.69. The summed E-state index contributed by atoms with van der Waals surface area (Å²) in [5.41, 5.74) is -5.66. The third-order valence-electron chi connectivity index (χ3n) is 5.30. The first kappa shape index (κ1) is 23.2. The third kappa shape index (κ3) is 3.48. The van der Waals surface area contributed by atoms with Crippen molar-refractivity contribution in [1.82, 2.24) is 0 Å². The van der Waals surface area contributed by atoms with Crippen LogP contribution >= 0.6 is 12.6 Å². The molecule has 0 saturated heterocycles. The summed E-state index contributed by atoms with van der Waals surface area (Å²) >= 11 is 4.61. The van der Waals surface area contributed by atoms with Crippen molar-refractivity contribution in [3.05, 3.63) is 60.2 Å². The zero-order valence-electron chi connectivity index (χ0n) is 16.6. The van der Waals surface area contributed by atoms with Crippen LogP contribution in [0.5, 0.6) is 0 Å². The Morgan fingerprint density at radius 2 is 1.37 bits per heavy atom. The molecule has 0 bridgehead atoms. The molecule has 3 rings (SSSR count). The number of alkyl halides is 6. The van der Waals surface area contributed by atoms with Crippen molar-refractivity contribution in [2.75, 3.05) is 0 Å². The van der Waals surface area contributed by atoms with Gasteiger partial charge in [0.15, 0.2) is 0 Å². The fourth-order valence-electron chi connectivity index (χ4n) is 4.11. The Hall–Kier alpha value is -1.45. The van der Waals surface area contributed by atoms with Crippen molar-refractivity contribution in [3.63, 3.8) is 0 Å². The van der Waals surface area contributed by atoms with Crippen LogP contribution in [-0.4, -0.2) is 25.5 Å². The fraction of sp³-hybridized carbons (Fsp3) is 0.429. The highest BCUT2D eigenvalue weighted by atomic mass is 32.1. The summed E-state index contributed by atoms with van der Waals surface area (Å²) in [5, 5.41) is 0.298. The highest BCUT2D eigenvalue weighted by Gasteiger charge is 2.80. The van der Waals surface area contributed by atoms with E-state index in [-0.39, 0.29) is 17.0 Å². The molecule has 164 valence electrons. The van der Waals surface area contributed by atoms with Crippen molar-refractivity contribution in [1.29, 1.82) is 0 Å². The van der Waals surface area contributed by atoms with Gasteiger partial charge in [0.2, 0.25) is 0 Å². The molecule has 2 atom stereocenters. The second-order valence-corrected chi connectivity index (χ2v) is 13.3. The van der Waals surface area contributed by atoms with E-state index in [1.54, 1.807) is 18.2 Å². The first-order valence-corrected chi connectivity index (χ1v) is 11.8. The van der Waals surface area contributed by atoms with Gasteiger partial charge in [-0.05, 0) is 22.2 Å². The molecular weight excluding hydrogens is 442 g/mol. The van der Waals surface area contributed by atoms with E-state index < -0.39 is 36.7 Å². The Bertz CT molecular complexity index is 892. The summed E-state index contributed by atoms with van der Waals surface area (Å²) in [6, 6.07) is 12.8. The minimum Gasteiger partial charge on any atom is -0.383 e. The zero-order chi connectivity index (χ0) is 22.6. The van der Waals surface area contributed by atoms with E-state index in [9.17, 15) is 26.3 Å². The Kier molecular flexibility index (Phi) is 5.65. The monoisotopic (exact) mass is 464 g/mol. The molecule has 1 unspecified atom stereocenters. The van der Waals surface area contributed by atoms with E-state index in [0.29, 0.717) is 5.19 Å². The topological polar surface area (TPSA) is 9.23 Å². The van der Waals surface area contributed by atoms with Gasteiger partial charge in [-0.3, -0.25) is 0 Å². The number of rotatable bonds is 3. The highest BCUT2D eigenvalue weighted by molar-refractivity contribution is 7.83. The Labute approximate surface area is 178 Å². The summed E-state index contributed by atoms with van der Waals surface area (Å²) in [4.78, 5) is -0.840. The van der Waals surface area contributed by atoms with Gasteiger partial charge in [0.1, 0.15) is 0 Å². The number of hydrogen-bond donors (Lipinski definition) is 1. The maximum Gasteiger partial charge on any atom is 0.429 e. The predicted molar refractivity (Wildman–Crippen MR) is 110 cm³/mol. The van der Waals surface area contributed by atoms with E-state index in [2.05, 4.69) is 12.6 Å². The molecule has 0 N–H and O–H groups in total. The summed E-state index contributed by atoms with van der Waals surface area (Å²) in [6.45, 7) is 5.60. The first-order chi connectivity index (χ1) is 13.7. The average Bonchev–Trinajstić information content (AvgIpc) is 2.94. The molecule has 1 aliphatic heterocycles. The predicted octanol–water partition coefficient (Wildman–Crippen LogP) is 5.37. The molecule has 2 aromatic carbocycles. The molecule has 0 aliphatic carbocycles. The standard InChI is InChI=1S/C21H22F6OSSi/c1-18(2,3)13-17(29)30(14-9-5-4-6-10-14)16-12-8-7-11-15(16)19(28-30,20(22,23)24)21(25,26)27/h4-12,17,29H,13H2,1-3H3/t17-,30?/m1/s1. The quantitative estimate of drug-likeness (QED) is 0.365. The zero-order valence-corrected chi connectivity index (χ0v) is 18.5. The van der Waals surface area contributed by atoms with E-state index in [1.807, 2.05) is 20.8 Å². The molecule has 2 aromatic rings. The van der Waals surface area contributed by atoms with Crippen LogP contribution in [0.1, 0.15) is 32.8 Å². The normalized spacial score (nSPS) is 22.6. The summed E-state index contributed by atoms with van der Waals surface area (Å²) in [7, 11) is -4.07. The summed E-state index contributed by atoms with van der Waals surface area (Å²) in [6.07, 6.45) is -11.1. The van der Waals surface area contributed by atoms with Crippen molar-refractivity contribution >= 4 is 31.3 Å². The molecule has 0 aromatic heterocycles. The van der Waals surface area contributed by atoms with Gasteiger partial charge in [0.05, 0.1) is 0 Å². The van der Waals surface area contributed by atoms with E-state index in [0.717, 1.165) is 6.07 Å². The maximum atomic E-state index is 14.2. The molecule has 0 amide bonds. The molecule has 0 saturated carbocycles. The molecule has 9 heteroatoms. The average molecular weight is 465 g/mol. The van der Waals surface area contributed by atoms with Gasteiger partial charge in [0, 0.05) is 10.4 Å². The van der Waals surface area contributed by atoms with E-state index in [1.165, 1.54) is 30.3 Å². The van der Waals surface area contributed by atoms with Gasteiger partial charge in [-0.15, -0.1) is 0 Å². The van der Waals surface area contributed by atoms with Crippen LogP contribution in [0.3, 0.4) is 0 Å². The fourth-order valence-corrected chi connectivity index (χ4v) is 10.5. The van der Waals surface area contributed by atoms with Gasteiger partial charge >= 0.3 is 12.4 Å². The second-order valence-electron chi connectivity index (χ2n) is 8.71. The first-order valence-electron chi connectivity index (χ1n) is 9.34. The van der Waals surface area contributed by atoms with Crippen LogP contribution in [0.25, 0.3) is 0 Å². The lowest BCUT2D eigenvalue weighted by Crippen LogP contribution is -2.67. The Morgan fingerprint density at radius 3 is 1.87 bits per heavy atom. The third-order valence-corrected chi connectivity index (χ3v) is 10.8. The molecule has 30 heavy (non-hydrogen) atoms. The van der Waals surface area contributed by atoms with Gasteiger partial charge < -0.3 is 4.43 Å². The molecule has 1 nitrogen and oxygen atoms in total. The Morgan fingerprint density at radius 1 is 0.867 bits per heavy atom. The van der Waals surface area contributed by atoms with E-state index >= 15 is 0 Å². The number of thiol groups is 1. The summed E-state index contributed by atoms with van der Waals surface area (Å²) in [5.74, 6) is 0. The molecular formula is C21H22F6OSSi. The van der Waals surface area contributed by atoms with Crippen LogP contribution in [-0.2, 0) is 10.0 Å². The lowest BCUT2D eigenvalue weighted by atomic mass is 9.92. The van der Waals surface area contributed by atoms with Crippen molar-refractivity contribution in [3.8, 4) is 0 Å². The molecule has 0 spiro atoms. The SMILES string of the molecule is CC(C)(C)C[C@H](S)[Si]1(c2ccccc2)OC(C(F)(F)F)(C(F)(F)F)c2ccccc21. The lowest BCUT2D eigenvalue weighted by Gasteiger charge is -2.41. The number of hydrogen-bond acceptors (Lipinski definition) is 2. The van der Waals surface area contributed by atoms with E-state index in [4.69, 9.17) is 4.43 Å². The highest BCUT2D eigenvalue weighted by Crippen LogP contribution is 2.57. The van der Waals surface area contributed by atoms with Crippen molar-refractivity contribution in [2.24, 2.45) is 5.41 Å². The Balaban J connectivity index is 2.40. The van der Waals surface area contributed by atoms with Gasteiger partial charge in [-0.25, -0.2) is 0 Å². The van der Waals surface area contributed by atoms with Crippen LogP contribution in [0.2, 0.25) is 0 Å². The van der Waals surface area contributed by atoms with Gasteiger partial charge in [0.25, 0.3) is 13.9 Å². The van der Waals surface area contributed by atoms with Crippen LogP contribution in [0.15, 0.2) is 54.6 Å².